The quantitative estimate of drug-likeness (QED) is 0.626. The lowest BCUT2D eigenvalue weighted by Gasteiger charge is -2.18. The van der Waals surface area contributed by atoms with Crippen LogP contribution in [0.5, 0.6) is 0 Å². The van der Waals surface area contributed by atoms with Crippen LogP contribution in [0, 0.1) is 0 Å². The third kappa shape index (κ3) is 4.69. The Balaban J connectivity index is 4.01. The first-order valence-corrected chi connectivity index (χ1v) is 4.72. The summed E-state index contributed by atoms with van der Waals surface area (Å²) in [6.45, 7) is 6.21. The van der Waals surface area contributed by atoms with E-state index in [-0.39, 0.29) is 6.54 Å². The molecule has 0 aromatic rings. The molecule has 0 aliphatic carbocycles. The number of rotatable bonds is 5. The SMILES string of the molecule is CCOC(=O)CN(CC)C(=O)OCC. The summed E-state index contributed by atoms with van der Waals surface area (Å²) in [4.78, 5) is 23.6. The molecule has 0 saturated heterocycles. The van der Waals surface area contributed by atoms with Crippen molar-refractivity contribution in [1.82, 2.24) is 4.90 Å². The Morgan fingerprint density at radius 1 is 1.07 bits per heavy atom. The number of ether oxygens (including phenoxy) is 2. The zero-order valence-electron chi connectivity index (χ0n) is 8.91. The second-order valence-corrected chi connectivity index (χ2v) is 2.52. The molecule has 5 heteroatoms. The highest BCUT2D eigenvalue weighted by Gasteiger charge is 2.16. The summed E-state index contributed by atoms with van der Waals surface area (Å²) < 4.78 is 9.47. The van der Waals surface area contributed by atoms with Gasteiger partial charge in [-0.2, -0.15) is 0 Å². The largest absolute Gasteiger partial charge is 0.465 e. The van der Waals surface area contributed by atoms with Crippen LogP contribution in [0.3, 0.4) is 0 Å². The molecule has 14 heavy (non-hydrogen) atoms. The Bertz CT molecular complexity index is 193. The van der Waals surface area contributed by atoms with Gasteiger partial charge in [0.15, 0.2) is 0 Å². The lowest BCUT2D eigenvalue weighted by atomic mass is 10.5. The van der Waals surface area contributed by atoms with Crippen molar-refractivity contribution >= 4 is 12.1 Å². The van der Waals surface area contributed by atoms with Crippen molar-refractivity contribution in [3.05, 3.63) is 0 Å². The summed E-state index contributed by atoms with van der Waals surface area (Å²) in [7, 11) is 0. The Hall–Kier alpha value is -1.26. The van der Waals surface area contributed by atoms with E-state index in [1.54, 1.807) is 20.8 Å². The number of hydrogen-bond acceptors (Lipinski definition) is 4. The minimum absolute atomic E-state index is 0.0524. The molecule has 1 amide bonds. The van der Waals surface area contributed by atoms with Gasteiger partial charge in [0.1, 0.15) is 6.54 Å². The molecule has 5 nitrogen and oxygen atoms in total. The minimum atomic E-state index is -0.483. The van der Waals surface area contributed by atoms with Gasteiger partial charge in [-0.25, -0.2) is 4.79 Å². The fourth-order valence-corrected chi connectivity index (χ4v) is 0.883. The standard InChI is InChI=1S/C9H17NO4/c1-4-10(9(12)14-6-3)7-8(11)13-5-2/h4-7H2,1-3H3. The summed E-state index contributed by atoms with van der Waals surface area (Å²) in [5.41, 5.74) is 0. The second-order valence-electron chi connectivity index (χ2n) is 2.52. The summed E-state index contributed by atoms with van der Waals surface area (Å²) in [5, 5.41) is 0. The van der Waals surface area contributed by atoms with E-state index in [4.69, 9.17) is 9.47 Å². The highest BCUT2D eigenvalue weighted by atomic mass is 16.6. The molecule has 0 aliphatic heterocycles. The molecule has 0 unspecified atom stereocenters. The summed E-state index contributed by atoms with van der Waals surface area (Å²) >= 11 is 0. The third-order valence-corrected chi connectivity index (χ3v) is 1.53. The number of carbonyl (C=O) groups is 2. The van der Waals surface area contributed by atoms with Gasteiger partial charge in [0.2, 0.25) is 0 Å². The van der Waals surface area contributed by atoms with Crippen LogP contribution < -0.4 is 0 Å². The van der Waals surface area contributed by atoms with Crippen LogP contribution >= 0.6 is 0 Å². The molecule has 0 fully saturated rings. The van der Waals surface area contributed by atoms with E-state index >= 15 is 0 Å². The van der Waals surface area contributed by atoms with E-state index in [1.807, 2.05) is 0 Å². The minimum Gasteiger partial charge on any atom is -0.465 e. The third-order valence-electron chi connectivity index (χ3n) is 1.53. The molecular formula is C9H17NO4. The van der Waals surface area contributed by atoms with Gasteiger partial charge in [0.25, 0.3) is 0 Å². The highest BCUT2D eigenvalue weighted by molar-refractivity contribution is 5.77. The van der Waals surface area contributed by atoms with Crippen molar-refractivity contribution in [3.8, 4) is 0 Å². The van der Waals surface area contributed by atoms with Crippen LogP contribution in [0.1, 0.15) is 20.8 Å². The predicted octanol–water partition coefficient (Wildman–Crippen LogP) is 1.03. The highest BCUT2D eigenvalue weighted by Crippen LogP contribution is 1.94. The summed E-state index contributed by atoms with van der Waals surface area (Å²) in [6.07, 6.45) is -0.483. The van der Waals surface area contributed by atoms with E-state index < -0.39 is 12.1 Å². The van der Waals surface area contributed by atoms with Crippen LogP contribution in [0.4, 0.5) is 4.79 Å². The van der Waals surface area contributed by atoms with E-state index in [0.29, 0.717) is 19.8 Å². The van der Waals surface area contributed by atoms with Gasteiger partial charge in [-0.1, -0.05) is 0 Å². The van der Waals surface area contributed by atoms with Crippen LogP contribution in [-0.2, 0) is 14.3 Å². The second kappa shape index (κ2) is 7.17. The molecule has 0 heterocycles. The van der Waals surface area contributed by atoms with Crippen molar-refractivity contribution in [2.24, 2.45) is 0 Å². The normalized spacial score (nSPS) is 9.36. The topological polar surface area (TPSA) is 55.8 Å². The molecule has 0 radical (unpaired) electrons. The van der Waals surface area contributed by atoms with Crippen molar-refractivity contribution in [1.29, 1.82) is 0 Å². The fraction of sp³-hybridized carbons (Fsp3) is 0.778. The van der Waals surface area contributed by atoms with Gasteiger partial charge in [-0.3, -0.25) is 9.69 Å². The van der Waals surface area contributed by atoms with Crippen LogP contribution in [0.2, 0.25) is 0 Å². The Morgan fingerprint density at radius 3 is 2.07 bits per heavy atom. The number of amides is 1. The molecule has 0 rings (SSSR count). The lowest BCUT2D eigenvalue weighted by Crippen LogP contribution is -2.36. The van der Waals surface area contributed by atoms with Crippen molar-refractivity contribution < 1.29 is 19.1 Å². The number of hydrogen-bond donors (Lipinski definition) is 0. The van der Waals surface area contributed by atoms with Gasteiger partial charge in [-0.15, -0.1) is 0 Å². The molecule has 0 aromatic heterocycles. The van der Waals surface area contributed by atoms with Gasteiger partial charge in [0, 0.05) is 6.54 Å². The van der Waals surface area contributed by atoms with E-state index in [1.165, 1.54) is 4.90 Å². The maximum atomic E-state index is 11.2. The molecule has 0 N–H and O–H groups in total. The van der Waals surface area contributed by atoms with E-state index in [9.17, 15) is 9.59 Å². The van der Waals surface area contributed by atoms with Crippen molar-refractivity contribution in [3.63, 3.8) is 0 Å². The Morgan fingerprint density at radius 2 is 1.64 bits per heavy atom. The van der Waals surface area contributed by atoms with Crippen LogP contribution in [-0.4, -0.2) is 43.3 Å². The van der Waals surface area contributed by atoms with Crippen molar-refractivity contribution in [2.75, 3.05) is 26.3 Å². The van der Waals surface area contributed by atoms with Gasteiger partial charge < -0.3 is 9.47 Å². The summed E-state index contributed by atoms with van der Waals surface area (Å²) in [5.74, 6) is -0.414. The molecule has 0 bridgehead atoms. The van der Waals surface area contributed by atoms with E-state index in [2.05, 4.69) is 0 Å². The maximum Gasteiger partial charge on any atom is 0.410 e. The first kappa shape index (κ1) is 12.7. The Labute approximate surface area is 84.0 Å². The van der Waals surface area contributed by atoms with Crippen LogP contribution in [0.15, 0.2) is 0 Å². The van der Waals surface area contributed by atoms with Crippen molar-refractivity contribution in [2.45, 2.75) is 20.8 Å². The first-order valence-electron chi connectivity index (χ1n) is 4.72. The zero-order valence-corrected chi connectivity index (χ0v) is 8.91. The number of likely N-dealkylation sites (N-methyl/N-ethyl adjacent to an activating group) is 1. The molecule has 0 aliphatic rings. The summed E-state index contributed by atoms with van der Waals surface area (Å²) in [6, 6.07) is 0. The maximum absolute atomic E-state index is 11.2. The molecule has 0 spiro atoms. The Kier molecular flexibility index (Phi) is 6.53. The molecular weight excluding hydrogens is 186 g/mol. The monoisotopic (exact) mass is 203 g/mol. The number of nitrogens with zero attached hydrogens (tertiary/aromatic N) is 1. The predicted molar refractivity (Wildman–Crippen MR) is 50.9 cm³/mol. The van der Waals surface area contributed by atoms with Gasteiger partial charge in [0.05, 0.1) is 13.2 Å². The van der Waals surface area contributed by atoms with Crippen LogP contribution in [0.25, 0.3) is 0 Å². The lowest BCUT2D eigenvalue weighted by molar-refractivity contribution is -0.144. The first-order chi connectivity index (χ1) is 6.65. The molecule has 0 saturated carbocycles. The molecule has 82 valence electrons. The average Bonchev–Trinajstić information content (AvgIpc) is 2.15. The van der Waals surface area contributed by atoms with Gasteiger partial charge in [-0.05, 0) is 20.8 Å². The smallest absolute Gasteiger partial charge is 0.410 e. The van der Waals surface area contributed by atoms with Gasteiger partial charge >= 0.3 is 12.1 Å². The zero-order chi connectivity index (χ0) is 11.0. The molecule has 0 aromatic carbocycles. The fourth-order valence-electron chi connectivity index (χ4n) is 0.883. The number of esters is 1. The number of carbonyl (C=O) groups excluding carboxylic acids is 2. The molecule has 0 atom stereocenters. The average molecular weight is 203 g/mol. The van der Waals surface area contributed by atoms with E-state index in [0.717, 1.165) is 0 Å².